The fraction of sp³-hybridized carbons (Fsp3) is 0.400. The predicted octanol–water partition coefficient (Wildman–Crippen LogP) is 3.15. The summed E-state index contributed by atoms with van der Waals surface area (Å²) >= 11 is 7.36. The Morgan fingerprint density at radius 3 is 3.14 bits per heavy atom. The van der Waals surface area contributed by atoms with Crippen LogP contribution in [-0.2, 0) is 16.0 Å². The summed E-state index contributed by atoms with van der Waals surface area (Å²) < 4.78 is 5.27. The average molecular weight is 338 g/mol. The van der Waals surface area contributed by atoms with Crippen molar-refractivity contribution in [3.05, 3.63) is 39.9 Å². The zero-order valence-electron chi connectivity index (χ0n) is 11.9. The minimum Gasteiger partial charge on any atom is -0.381 e. The number of rotatable bonds is 5. The number of nitrogens with zero attached hydrogens (tertiary/aromatic N) is 2. The zero-order valence-corrected chi connectivity index (χ0v) is 13.5. The topological polar surface area (TPSA) is 64.1 Å². The van der Waals surface area contributed by atoms with Crippen LogP contribution in [0.15, 0.2) is 24.3 Å². The number of amides is 1. The molecular formula is C15H16ClN3O2S. The maximum absolute atomic E-state index is 11.9. The molecule has 7 heteroatoms. The third-order valence-electron chi connectivity index (χ3n) is 3.46. The Hall–Kier alpha value is -1.50. The number of anilines is 1. The molecule has 1 atom stereocenters. The smallest absolute Gasteiger partial charge is 0.226 e. The fourth-order valence-corrected chi connectivity index (χ4v) is 3.38. The Kier molecular flexibility index (Phi) is 5.02. The number of carbonyl (C=O) groups is 1. The molecule has 1 fully saturated rings. The quantitative estimate of drug-likeness (QED) is 0.910. The van der Waals surface area contributed by atoms with Gasteiger partial charge in [0.15, 0.2) is 0 Å². The van der Waals surface area contributed by atoms with Crippen LogP contribution in [0.1, 0.15) is 23.4 Å². The predicted molar refractivity (Wildman–Crippen MR) is 86.3 cm³/mol. The average Bonchev–Trinajstić information content (AvgIpc) is 3.11. The van der Waals surface area contributed by atoms with E-state index >= 15 is 0 Å². The van der Waals surface area contributed by atoms with Crippen molar-refractivity contribution in [1.82, 2.24) is 10.2 Å². The van der Waals surface area contributed by atoms with Gasteiger partial charge < -0.3 is 10.1 Å². The second kappa shape index (κ2) is 7.17. The fourth-order valence-electron chi connectivity index (χ4n) is 2.37. The van der Waals surface area contributed by atoms with E-state index in [0.717, 1.165) is 23.6 Å². The van der Waals surface area contributed by atoms with Crippen LogP contribution in [0.25, 0.3) is 0 Å². The molecule has 1 N–H and O–H groups in total. The van der Waals surface area contributed by atoms with Gasteiger partial charge in [-0.1, -0.05) is 35.1 Å². The Morgan fingerprint density at radius 2 is 2.36 bits per heavy atom. The first kappa shape index (κ1) is 15.4. The zero-order chi connectivity index (χ0) is 15.4. The standard InChI is InChI=1S/C15H16ClN3O2S/c16-12-3-1-2-10(6-12)8-14-18-19-15(22-14)17-13(20)7-11-4-5-21-9-11/h1-3,6,11H,4-5,7-9H2,(H,17,19,20). The summed E-state index contributed by atoms with van der Waals surface area (Å²) in [6.45, 7) is 1.42. The lowest BCUT2D eigenvalue weighted by molar-refractivity contribution is -0.117. The third-order valence-corrected chi connectivity index (χ3v) is 4.53. The monoisotopic (exact) mass is 337 g/mol. The summed E-state index contributed by atoms with van der Waals surface area (Å²) in [5, 5.41) is 13.0. The number of halogens is 1. The van der Waals surface area contributed by atoms with Gasteiger partial charge in [-0.25, -0.2) is 0 Å². The van der Waals surface area contributed by atoms with Gasteiger partial charge in [0.05, 0.1) is 0 Å². The van der Waals surface area contributed by atoms with Crippen LogP contribution in [0.4, 0.5) is 5.13 Å². The van der Waals surface area contributed by atoms with Gasteiger partial charge in [-0.3, -0.25) is 4.79 Å². The second-order valence-electron chi connectivity index (χ2n) is 5.29. The molecule has 1 saturated heterocycles. The highest BCUT2D eigenvalue weighted by atomic mass is 35.5. The molecule has 0 bridgehead atoms. The SMILES string of the molecule is O=C(CC1CCOC1)Nc1nnc(Cc2cccc(Cl)c2)s1. The van der Waals surface area contributed by atoms with Crippen LogP contribution in [-0.4, -0.2) is 29.3 Å². The molecule has 0 radical (unpaired) electrons. The number of aromatic nitrogens is 2. The first-order valence-electron chi connectivity index (χ1n) is 7.13. The summed E-state index contributed by atoms with van der Waals surface area (Å²) in [6.07, 6.45) is 2.08. The maximum atomic E-state index is 11.9. The summed E-state index contributed by atoms with van der Waals surface area (Å²) in [7, 11) is 0. The van der Waals surface area contributed by atoms with Crippen molar-refractivity contribution in [2.75, 3.05) is 18.5 Å². The van der Waals surface area contributed by atoms with Crippen LogP contribution in [0.5, 0.6) is 0 Å². The Bertz CT molecular complexity index is 656. The Labute approximate surface area is 137 Å². The normalized spacial score (nSPS) is 17.6. The van der Waals surface area contributed by atoms with Crippen molar-refractivity contribution < 1.29 is 9.53 Å². The van der Waals surface area contributed by atoms with Gasteiger partial charge >= 0.3 is 0 Å². The summed E-state index contributed by atoms with van der Waals surface area (Å²) in [6, 6.07) is 7.64. The molecule has 1 aromatic heterocycles. The molecule has 1 amide bonds. The summed E-state index contributed by atoms with van der Waals surface area (Å²) in [4.78, 5) is 11.9. The first-order chi connectivity index (χ1) is 10.7. The summed E-state index contributed by atoms with van der Waals surface area (Å²) in [5.41, 5.74) is 1.07. The van der Waals surface area contributed by atoms with Crippen LogP contribution in [0.2, 0.25) is 5.02 Å². The molecule has 22 heavy (non-hydrogen) atoms. The maximum Gasteiger partial charge on any atom is 0.226 e. The molecule has 3 rings (SSSR count). The van der Waals surface area contributed by atoms with Gasteiger partial charge in [-0.15, -0.1) is 10.2 Å². The van der Waals surface area contributed by atoms with E-state index in [2.05, 4.69) is 15.5 Å². The minimum absolute atomic E-state index is 0.0269. The van der Waals surface area contributed by atoms with Gasteiger partial charge in [0.1, 0.15) is 5.01 Å². The molecule has 1 aliphatic heterocycles. The van der Waals surface area contributed by atoms with Crippen molar-refractivity contribution in [3.8, 4) is 0 Å². The van der Waals surface area contributed by atoms with E-state index in [-0.39, 0.29) is 5.91 Å². The first-order valence-corrected chi connectivity index (χ1v) is 8.33. The van der Waals surface area contributed by atoms with Gasteiger partial charge in [-0.2, -0.15) is 0 Å². The third kappa shape index (κ3) is 4.25. The molecule has 0 spiro atoms. The van der Waals surface area contributed by atoms with Crippen LogP contribution < -0.4 is 5.32 Å². The van der Waals surface area contributed by atoms with Gasteiger partial charge in [-0.05, 0) is 30.0 Å². The molecule has 1 aliphatic rings. The molecule has 1 aromatic carbocycles. The van der Waals surface area contributed by atoms with Crippen molar-refractivity contribution in [3.63, 3.8) is 0 Å². The molecular weight excluding hydrogens is 322 g/mol. The number of hydrogen-bond acceptors (Lipinski definition) is 5. The van der Waals surface area contributed by atoms with Crippen molar-refractivity contribution >= 4 is 34.0 Å². The highest BCUT2D eigenvalue weighted by Gasteiger charge is 2.19. The highest BCUT2D eigenvalue weighted by Crippen LogP contribution is 2.22. The number of hydrogen-bond donors (Lipinski definition) is 1. The number of carbonyl (C=O) groups excluding carboxylic acids is 1. The van der Waals surface area contributed by atoms with Crippen molar-refractivity contribution in [1.29, 1.82) is 0 Å². The summed E-state index contributed by atoms with van der Waals surface area (Å²) in [5.74, 6) is 0.291. The van der Waals surface area contributed by atoms with Crippen LogP contribution in [0.3, 0.4) is 0 Å². The lowest BCUT2D eigenvalue weighted by atomic mass is 10.1. The van der Waals surface area contributed by atoms with Gasteiger partial charge in [0.2, 0.25) is 11.0 Å². The molecule has 0 aliphatic carbocycles. The molecule has 1 unspecified atom stereocenters. The molecule has 0 saturated carbocycles. The Balaban J connectivity index is 1.55. The van der Waals surface area contributed by atoms with E-state index in [0.29, 0.717) is 35.5 Å². The van der Waals surface area contributed by atoms with E-state index < -0.39 is 0 Å². The number of ether oxygens (including phenoxy) is 1. The second-order valence-corrected chi connectivity index (χ2v) is 6.79. The van der Waals surface area contributed by atoms with E-state index in [9.17, 15) is 4.79 Å². The van der Waals surface area contributed by atoms with Crippen LogP contribution in [0, 0.1) is 5.92 Å². The molecule has 116 valence electrons. The van der Waals surface area contributed by atoms with Gasteiger partial charge in [0.25, 0.3) is 0 Å². The van der Waals surface area contributed by atoms with Gasteiger partial charge in [0, 0.05) is 31.1 Å². The Morgan fingerprint density at radius 1 is 1.45 bits per heavy atom. The number of benzene rings is 1. The molecule has 2 heterocycles. The van der Waals surface area contributed by atoms with Crippen molar-refractivity contribution in [2.24, 2.45) is 5.92 Å². The molecule has 5 nitrogen and oxygen atoms in total. The molecule has 2 aromatic rings. The van der Waals surface area contributed by atoms with Crippen LogP contribution >= 0.6 is 22.9 Å². The van der Waals surface area contributed by atoms with E-state index in [1.165, 1.54) is 11.3 Å². The lowest BCUT2D eigenvalue weighted by Gasteiger charge is -2.05. The highest BCUT2D eigenvalue weighted by molar-refractivity contribution is 7.15. The van der Waals surface area contributed by atoms with E-state index in [1.54, 1.807) is 0 Å². The van der Waals surface area contributed by atoms with E-state index in [1.807, 2.05) is 24.3 Å². The number of nitrogens with one attached hydrogen (secondary N) is 1. The van der Waals surface area contributed by atoms with Crippen molar-refractivity contribution in [2.45, 2.75) is 19.3 Å². The lowest BCUT2D eigenvalue weighted by Crippen LogP contribution is -2.16. The van der Waals surface area contributed by atoms with E-state index in [4.69, 9.17) is 16.3 Å². The largest absolute Gasteiger partial charge is 0.381 e. The minimum atomic E-state index is -0.0269.